The molecule has 0 bridgehead atoms. The summed E-state index contributed by atoms with van der Waals surface area (Å²) in [6, 6.07) is 8.36. The van der Waals surface area contributed by atoms with E-state index in [1.54, 1.807) is 30.3 Å². The quantitative estimate of drug-likeness (QED) is 0.548. The number of benzene rings is 1. The molecule has 0 N–H and O–H groups in total. The monoisotopic (exact) mass is 180 g/mol. The maximum absolute atomic E-state index is 11.7. The van der Waals surface area contributed by atoms with Gasteiger partial charge in [-0.1, -0.05) is 36.4 Å². The Morgan fingerprint density at radius 1 is 1.08 bits per heavy atom. The Labute approximate surface area is 88.1 Å². The molecule has 1 rings (SSSR count). The summed E-state index contributed by atoms with van der Waals surface area (Å²) in [6.45, 7) is 0. The third-order valence-electron chi connectivity index (χ3n) is 1.26. The number of allylic oxidation sites excluding steroid dienone is 1. The molecule has 0 spiro atoms. The van der Waals surface area contributed by atoms with Crippen LogP contribution < -0.4 is 18.9 Å². The van der Waals surface area contributed by atoms with Gasteiger partial charge in [0.05, 0.1) is 0 Å². The van der Waals surface area contributed by atoms with Crippen LogP contribution >= 0.6 is 0 Å². The molecule has 4 heteroatoms. The van der Waals surface area contributed by atoms with E-state index in [4.69, 9.17) is 0 Å². The standard InChI is InChI=1S/C9H7F3.Li.H/c10-9(11,12)7-6-8-4-2-1-3-5-8;;/h1-7H;;/q;+1;-1. The number of hydrogen-bond acceptors (Lipinski definition) is 0. The van der Waals surface area contributed by atoms with Gasteiger partial charge < -0.3 is 1.43 Å². The Bertz CT molecular complexity index is 269. The Kier molecular flexibility index (Phi) is 4.90. The average molecular weight is 180 g/mol. The van der Waals surface area contributed by atoms with Crippen LogP contribution in [0.25, 0.3) is 6.08 Å². The second kappa shape index (κ2) is 5.16. The van der Waals surface area contributed by atoms with Gasteiger partial charge in [0.25, 0.3) is 0 Å². The van der Waals surface area contributed by atoms with Crippen LogP contribution in [0.15, 0.2) is 36.4 Å². The Morgan fingerprint density at radius 3 is 2.08 bits per heavy atom. The minimum absolute atomic E-state index is 0. The second-order valence-electron chi connectivity index (χ2n) is 2.29. The number of halogens is 3. The third kappa shape index (κ3) is 5.57. The molecule has 0 heterocycles. The smallest absolute Gasteiger partial charge is 1.00 e. The zero-order chi connectivity index (χ0) is 9.03. The van der Waals surface area contributed by atoms with Gasteiger partial charge in [-0.15, -0.1) is 0 Å². The number of hydrogen-bond donors (Lipinski definition) is 0. The van der Waals surface area contributed by atoms with E-state index >= 15 is 0 Å². The Morgan fingerprint density at radius 2 is 1.62 bits per heavy atom. The van der Waals surface area contributed by atoms with Gasteiger partial charge in [-0.2, -0.15) is 13.2 Å². The molecule has 66 valence electrons. The topological polar surface area (TPSA) is 0 Å². The van der Waals surface area contributed by atoms with Crippen LogP contribution in [0.5, 0.6) is 0 Å². The van der Waals surface area contributed by atoms with E-state index in [1.165, 1.54) is 0 Å². The first-order valence-corrected chi connectivity index (χ1v) is 3.39. The minimum Gasteiger partial charge on any atom is -1.00 e. The zero-order valence-electron chi connectivity index (χ0n) is 8.18. The van der Waals surface area contributed by atoms with Crippen LogP contribution in [0, 0.1) is 0 Å². The van der Waals surface area contributed by atoms with Gasteiger partial charge in [-0.25, -0.2) is 0 Å². The van der Waals surface area contributed by atoms with E-state index < -0.39 is 6.18 Å². The molecule has 0 unspecified atom stereocenters. The zero-order valence-corrected chi connectivity index (χ0v) is 7.18. The maximum Gasteiger partial charge on any atom is 1.00 e. The largest absolute Gasteiger partial charge is 1.00 e. The molecule has 0 aliphatic heterocycles. The van der Waals surface area contributed by atoms with Crippen molar-refractivity contribution in [2.24, 2.45) is 0 Å². The maximum atomic E-state index is 11.7. The van der Waals surface area contributed by atoms with Crippen molar-refractivity contribution < 1.29 is 33.5 Å². The molecule has 0 radical (unpaired) electrons. The van der Waals surface area contributed by atoms with Crippen molar-refractivity contribution in [3.05, 3.63) is 42.0 Å². The fourth-order valence-corrected chi connectivity index (χ4v) is 0.755. The van der Waals surface area contributed by atoms with E-state index in [-0.39, 0.29) is 26.4 Å². The third-order valence-corrected chi connectivity index (χ3v) is 1.26. The molecule has 0 aliphatic rings. The second-order valence-corrected chi connectivity index (χ2v) is 2.29. The van der Waals surface area contributed by atoms with Crippen molar-refractivity contribution in [1.82, 2.24) is 0 Å². The van der Waals surface area contributed by atoms with Gasteiger partial charge in [0, 0.05) is 6.08 Å². The fraction of sp³-hybridized carbons (Fsp3) is 0.111. The first-order valence-electron chi connectivity index (χ1n) is 3.39. The van der Waals surface area contributed by atoms with Gasteiger partial charge in [0.1, 0.15) is 0 Å². The summed E-state index contributed by atoms with van der Waals surface area (Å²) < 4.78 is 35.0. The summed E-state index contributed by atoms with van der Waals surface area (Å²) in [4.78, 5) is 0. The van der Waals surface area contributed by atoms with Crippen LogP contribution in [0.4, 0.5) is 13.2 Å². The molecule has 0 atom stereocenters. The van der Waals surface area contributed by atoms with Crippen LogP contribution in [0.2, 0.25) is 0 Å². The molecule has 0 aromatic heterocycles. The van der Waals surface area contributed by atoms with E-state index in [0.717, 1.165) is 6.08 Å². The van der Waals surface area contributed by atoms with Crippen molar-refractivity contribution in [3.8, 4) is 0 Å². The predicted molar refractivity (Wildman–Crippen MR) is 42.6 cm³/mol. The summed E-state index contributed by atoms with van der Waals surface area (Å²) in [5, 5.41) is 0. The van der Waals surface area contributed by atoms with Crippen LogP contribution in [-0.4, -0.2) is 6.18 Å². The van der Waals surface area contributed by atoms with Crippen LogP contribution in [0.3, 0.4) is 0 Å². The number of rotatable bonds is 1. The van der Waals surface area contributed by atoms with Crippen molar-refractivity contribution in [1.29, 1.82) is 0 Å². The minimum atomic E-state index is -4.23. The van der Waals surface area contributed by atoms with Crippen molar-refractivity contribution in [2.75, 3.05) is 0 Å². The van der Waals surface area contributed by atoms with E-state index in [9.17, 15) is 13.2 Å². The van der Waals surface area contributed by atoms with Gasteiger partial charge in [-0.05, 0) is 5.56 Å². The van der Waals surface area contributed by atoms with E-state index in [0.29, 0.717) is 5.56 Å². The van der Waals surface area contributed by atoms with Gasteiger partial charge in [0.2, 0.25) is 0 Å². The predicted octanol–water partition coefficient (Wildman–Crippen LogP) is 0.379. The van der Waals surface area contributed by atoms with Gasteiger partial charge in [0.15, 0.2) is 0 Å². The first-order chi connectivity index (χ1) is 5.58. The molecular weight excluding hydrogens is 172 g/mol. The average Bonchev–Trinajstić information content (AvgIpc) is 2.02. The fourth-order valence-electron chi connectivity index (χ4n) is 0.755. The van der Waals surface area contributed by atoms with Gasteiger partial charge >= 0.3 is 25.0 Å². The summed E-state index contributed by atoms with van der Waals surface area (Å²) in [5.74, 6) is 0. The molecular formula is C9H8F3Li. The Balaban J connectivity index is 0. The molecule has 0 nitrogen and oxygen atoms in total. The summed E-state index contributed by atoms with van der Waals surface area (Å²) >= 11 is 0. The molecule has 1 aromatic rings. The Hall–Kier alpha value is -0.653. The van der Waals surface area contributed by atoms with Crippen molar-refractivity contribution in [2.45, 2.75) is 6.18 Å². The summed E-state index contributed by atoms with van der Waals surface area (Å²) in [7, 11) is 0. The molecule has 0 aliphatic carbocycles. The summed E-state index contributed by atoms with van der Waals surface area (Å²) in [5.41, 5.74) is 0.551. The molecule has 1 aromatic carbocycles. The first kappa shape index (κ1) is 12.3. The molecule has 0 saturated carbocycles. The number of alkyl halides is 3. The van der Waals surface area contributed by atoms with Crippen LogP contribution in [0.1, 0.15) is 6.99 Å². The summed E-state index contributed by atoms with van der Waals surface area (Å²) in [6.07, 6.45) is -2.96. The van der Waals surface area contributed by atoms with Crippen molar-refractivity contribution in [3.63, 3.8) is 0 Å². The van der Waals surface area contributed by atoms with Crippen molar-refractivity contribution >= 4 is 6.08 Å². The molecule has 0 saturated heterocycles. The van der Waals surface area contributed by atoms with E-state index in [2.05, 4.69) is 0 Å². The molecule has 0 fully saturated rings. The SMILES string of the molecule is FC(F)(F)C=Cc1ccccc1.[H-].[Li+]. The van der Waals surface area contributed by atoms with Crippen LogP contribution in [-0.2, 0) is 0 Å². The normalized spacial score (nSPS) is 11.3. The van der Waals surface area contributed by atoms with E-state index in [1.807, 2.05) is 0 Å². The van der Waals surface area contributed by atoms with Gasteiger partial charge in [-0.3, -0.25) is 0 Å². The molecule has 0 amide bonds. The molecule has 13 heavy (non-hydrogen) atoms.